The second-order valence-electron chi connectivity index (χ2n) is 5.14. The third-order valence-electron chi connectivity index (χ3n) is 3.37. The maximum Gasteiger partial charge on any atom is 0.357 e. The lowest BCUT2D eigenvalue weighted by molar-refractivity contribution is 0.214. The van der Waals surface area contributed by atoms with Crippen LogP contribution in [0.1, 0.15) is 25.2 Å². The van der Waals surface area contributed by atoms with E-state index in [1.807, 2.05) is 0 Å². The van der Waals surface area contributed by atoms with Crippen LogP contribution in [0.4, 0.5) is 5.69 Å². The Balaban J connectivity index is 2.47. The predicted octanol–water partition coefficient (Wildman–Crippen LogP) is 6.08. The van der Waals surface area contributed by atoms with Gasteiger partial charge in [-0.3, -0.25) is 4.57 Å². The van der Waals surface area contributed by atoms with Gasteiger partial charge in [0.1, 0.15) is 5.75 Å². The summed E-state index contributed by atoms with van der Waals surface area (Å²) in [7, 11) is -3.55. The third-order valence-corrected chi connectivity index (χ3v) is 6.21. The van der Waals surface area contributed by atoms with E-state index in [0.717, 1.165) is 0 Å². The van der Waals surface area contributed by atoms with E-state index in [0.29, 0.717) is 21.3 Å². The van der Waals surface area contributed by atoms with Crippen molar-refractivity contribution in [1.29, 1.82) is 0 Å². The Hall–Kier alpha value is -1.23. The van der Waals surface area contributed by atoms with E-state index in [-0.39, 0.29) is 19.0 Å². The van der Waals surface area contributed by atoms with Crippen LogP contribution >= 0.6 is 30.8 Å². The third kappa shape index (κ3) is 5.13. The molecule has 0 aliphatic heterocycles. The quantitative estimate of drug-likeness (QED) is 0.523. The number of aromatic hydroxyl groups is 1. The average molecular weight is 404 g/mol. The maximum atomic E-state index is 13.3. The van der Waals surface area contributed by atoms with Gasteiger partial charge in [-0.2, -0.15) is 0 Å². The molecule has 5 nitrogen and oxygen atoms in total. The number of benzene rings is 2. The zero-order chi connectivity index (χ0) is 18.4. The Bertz CT molecular complexity index is 745. The second-order valence-corrected chi connectivity index (χ2v) is 8.09. The van der Waals surface area contributed by atoms with Gasteiger partial charge in [-0.1, -0.05) is 35.3 Å². The molecule has 8 heteroatoms. The number of halogens is 2. The summed E-state index contributed by atoms with van der Waals surface area (Å²) < 4.78 is 24.3. The van der Waals surface area contributed by atoms with Crippen molar-refractivity contribution in [2.75, 3.05) is 18.5 Å². The number of phenols is 1. The number of hydrogen-bond acceptors (Lipinski definition) is 5. The molecule has 0 amide bonds. The van der Waals surface area contributed by atoms with Crippen LogP contribution in [-0.2, 0) is 13.6 Å². The maximum absolute atomic E-state index is 13.3. The molecular weight excluding hydrogens is 384 g/mol. The van der Waals surface area contributed by atoms with Gasteiger partial charge < -0.3 is 19.5 Å². The Labute approximate surface area is 157 Å². The molecule has 0 saturated heterocycles. The predicted molar refractivity (Wildman–Crippen MR) is 102 cm³/mol. The minimum atomic E-state index is -3.55. The summed E-state index contributed by atoms with van der Waals surface area (Å²) in [6.07, 6.45) is 0. The van der Waals surface area contributed by atoms with E-state index in [1.165, 1.54) is 12.1 Å². The molecule has 0 fully saturated rings. The molecule has 0 aliphatic carbocycles. The van der Waals surface area contributed by atoms with Crippen LogP contribution in [-0.4, -0.2) is 18.3 Å². The molecule has 0 aromatic heterocycles. The van der Waals surface area contributed by atoms with Crippen LogP contribution in [0.15, 0.2) is 42.5 Å². The van der Waals surface area contributed by atoms with Crippen LogP contribution in [0.25, 0.3) is 0 Å². The van der Waals surface area contributed by atoms with E-state index < -0.39 is 13.4 Å². The fourth-order valence-electron chi connectivity index (χ4n) is 2.30. The van der Waals surface area contributed by atoms with Crippen molar-refractivity contribution in [2.45, 2.75) is 19.6 Å². The summed E-state index contributed by atoms with van der Waals surface area (Å²) in [5, 5.41) is 13.5. The molecule has 2 N–H and O–H groups in total. The molecule has 2 rings (SSSR count). The van der Waals surface area contributed by atoms with Crippen LogP contribution < -0.4 is 5.32 Å². The van der Waals surface area contributed by atoms with Crippen molar-refractivity contribution in [3.63, 3.8) is 0 Å². The van der Waals surface area contributed by atoms with Crippen LogP contribution in [0.2, 0.25) is 10.0 Å². The number of anilines is 1. The Kier molecular flexibility index (Phi) is 7.17. The number of phenolic OH excluding ortho intramolecular Hbond substituents is 1. The Morgan fingerprint density at radius 1 is 1.08 bits per heavy atom. The van der Waals surface area contributed by atoms with Crippen LogP contribution in [0.3, 0.4) is 0 Å². The molecule has 2 aromatic rings. The highest BCUT2D eigenvalue weighted by atomic mass is 35.5. The minimum Gasteiger partial charge on any atom is -0.508 e. The summed E-state index contributed by atoms with van der Waals surface area (Å²) in [6, 6.07) is 11.3. The normalized spacial score (nSPS) is 12.8. The van der Waals surface area contributed by atoms with Crippen LogP contribution in [0.5, 0.6) is 5.75 Å². The molecule has 25 heavy (non-hydrogen) atoms. The van der Waals surface area contributed by atoms with Gasteiger partial charge in [0.25, 0.3) is 0 Å². The number of hydrogen-bond donors (Lipinski definition) is 2. The fourth-order valence-corrected chi connectivity index (χ4v) is 4.69. The second kappa shape index (κ2) is 8.93. The van der Waals surface area contributed by atoms with Crippen molar-refractivity contribution in [3.05, 3.63) is 58.1 Å². The van der Waals surface area contributed by atoms with Gasteiger partial charge in [-0.05, 0) is 49.7 Å². The van der Waals surface area contributed by atoms with Gasteiger partial charge in [0.2, 0.25) is 0 Å². The van der Waals surface area contributed by atoms with E-state index in [1.54, 1.807) is 44.2 Å². The van der Waals surface area contributed by atoms with Gasteiger partial charge in [0, 0.05) is 5.02 Å². The molecular formula is C17H20Cl2NO4P. The Morgan fingerprint density at radius 3 is 2.20 bits per heavy atom. The van der Waals surface area contributed by atoms with E-state index in [4.69, 9.17) is 32.2 Å². The summed E-state index contributed by atoms with van der Waals surface area (Å²) >= 11 is 12.2. The highest BCUT2D eigenvalue weighted by molar-refractivity contribution is 7.54. The molecule has 0 bridgehead atoms. The topological polar surface area (TPSA) is 67.8 Å². The fraction of sp³-hybridized carbons (Fsp3) is 0.294. The van der Waals surface area contributed by atoms with E-state index in [2.05, 4.69) is 5.32 Å². The standard InChI is InChI=1S/C17H20Cl2NO4P/c1-3-23-25(22,24-4-2)17(12-5-8-14(21)9-6-12)20-16-10-7-13(18)11-15(16)19/h5-11,17,20-21H,3-4H2,1-2H3. The molecule has 0 heterocycles. The summed E-state index contributed by atoms with van der Waals surface area (Å²) in [5.41, 5.74) is 1.18. The molecule has 1 atom stereocenters. The Morgan fingerprint density at radius 2 is 1.68 bits per heavy atom. The van der Waals surface area contributed by atoms with E-state index in [9.17, 15) is 9.67 Å². The summed E-state index contributed by atoms with van der Waals surface area (Å²) in [5.74, 6) is -0.693. The molecule has 1 unspecified atom stereocenters. The average Bonchev–Trinajstić information content (AvgIpc) is 2.55. The molecule has 0 spiro atoms. The first-order valence-electron chi connectivity index (χ1n) is 7.79. The zero-order valence-electron chi connectivity index (χ0n) is 13.9. The number of rotatable bonds is 8. The molecule has 0 radical (unpaired) electrons. The van der Waals surface area contributed by atoms with E-state index >= 15 is 0 Å². The highest BCUT2D eigenvalue weighted by Crippen LogP contribution is 2.61. The SMILES string of the molecule is CCOP(=O)(OCC)C(Nc1ccc(Cl)cc1Cl)c1ccc(O)cc1. The molecule has 0 saturated carbocycles. The molecule has 136 valence electrons. The van der Waals surface area contributed by atoms with Crippen molar-refractivity contribution in [1.82, 2.24) is 0 Å². The lowest BCUT2D eigenvalue weighted by Gasteiger charge is -2.28. The van der Waals surface area contributed by atoms with Gasteiger partial charge >= 0.3 is 7.60 Å². The van der Waals surface area contributed by atoms with Gasteiger partial charge in [-0.15, -0.1) is 0 Å². The van der Waals surface area contributed by atoms with Gasteiger partial charge in [0.15, 0.2) is 5.78 Å². The van der Waals surface area contributed by atoms with Gasteiger partial charge in [0.05, 0.1) is 23.9 Å². The molecule has 0 aliphatic rings. The minimum absolute atomic E-state index is 0.106. The first-order valence-corrected chi connectivity index (χ1v) is 10.2. The van der Waals surface area contributed by atoms with Crippen LogP contribution in [0, 0.1) is 0 Å². The first-order chi connectivity index (χ1) is 11.9. The van der Waals surface area contributed by atoms with Crippen molar-refractivity contribution >= 4 is 36.5 Å². The smallest absolute Gasteiger partial charge is 0.357 e. The summed E-state index contributed by atoms with van der Waals surface area (Å²) in [4.78, 5) is 0. The van der Waals surface area contributed by atoms with Crippen molar-refractivity contribution < 1.29 is 18.7 Å². The lowest BCUT2D eigenvalue weighted by Crippen LogP contribution is -2.15. The zero-order valence-corrected chi connectivity index (χ0v) is 16.3. The number of nitrogens with one attached hydrogen (secondary N) is 1. The summed E-state index contributed by atoms with van der Waals surface area (Å²) in [6.45, 7) is 3.94. The van der Waals surface area contributed by atoms with Gasteiger partial charge in [-0.25, -0.2) is 0 Å². The lowest BCUT2D eigenvalue weighted by atomic mass is 10.2. The molecule has 2 aromatic carbocycles. The monoisotopic (exact) mass is 403 g/mol. The van der Waals surface area contributed by atoms with Crippen molar-refractivity contribution in [3.8, 4) is 5.75 Å². The highest BCUT2D eigenvalue weighted by Gasteiger charge is 2.37. The first kappa shape index (κ1) is 20.1. The van der Waals surface area contributed by atoms with Crippen molar-refractivity contribution in [2.24, 2.45) is 0 Å². The largest absolute Gasteiger partial charge is 0.508 e.